The van der Waals surface area contributed by atoms with E-state index in [-0.39, 0.29) is 0 Å². The van der Waals surface area contributed by atoms with E-state index >= 15 is 0 Å². The summed E-state index contributed by atoms with van der Waals surface area (Å²) >= 11 is 2.14. The molecule has 3 aliphatic heterocycles. The first-order valence-corrected chi connectivity index (χ1v) is 7.56. The lowest BCUT2D eigenvalue weighted by Crippen LogP contribution is -2.48. The number of Topliss-reactive ketones (excluding diaryl/α,β-unsaturated/α-hetero) is 1. The van der Waals surface area contributed by atoms with Crippen LogP contribution in [0.2, 0.25) is 0 Å². The van der Waals surface area contributed by atoms with E-state index in [0.29, 0.717) is 22.6 Å². The van der Waals surface area contributed by atoms with E-state index in [0.717, 1.165) is 12.8 Å². The third kappa shape index (κ3) is 1.92. The largest absolute Gasteiger partial charge is 0.300 e. The molecule has 3 heteroatoms. The average molecular weight is 239 g/mol. The van der Waals surface area contributed by atoms with Crippen molar-refractivity contribution in [1.82, 2.24) is 4.90 Å². The van der Waals surface area contributed by atoms with Gasteiger partial charge in [-0.2, -0.15) is 11.8 Å². The predicted octanol–water partition coefficient (Wildman–Crippen LogP) is 2.47. The van der Waals surface area contributed by atoms with Gasteiger partial charge in [0, 0.05) is 36.2 Å². The zero-order valence-electron chi connectivity index (χ0n) is 10.1. The Labute approximate surface area is 102 Å². The van der Waals surface area contributed by atoms with Gasteiger partial charge < -0.3 is 0 Å². The third-order valence-electron chi connectivity index (χ3n) is 4.52. The highest BCUT2D eigenvalue weighted by Gasteiger charge is 2.43. The number of piperidine rings is 1. The van der Waals surface area contributed by atoms with Crippen LogP contribution in [0.15, 0.2) is 0 Å². The molecule has 2 nitrogen and oxygen atoms in total. The quantitative estimate of drug-likeness (QED) is 0.738. The van der Waals surface area contributed by atoms with Gasteiger partial charge in [0.15, 0.2) is 0 Å². The summed E-state index contributed by atoms with van der Waals surface area (Å²) in [6, 6.07) is 1.17. The highest BCUT2D eigenvalue weighted by atomic mass is 32.2. The molecule has 3 rings (SSSR count). The zero-order valence-corrected chi connectivity index (χ0v) is 10.9. The fourth-order valence-corrected chi connectivity index (χ4v) is 4.98. The maximum Gasteiger partial charge on any atom is 0.136 e. The molecule has 2 bridgehead atoms. The van der Waals surface area contributed by atoms with Crippen LogP contribution in [-0.4, -0.2) is 39.8 Å². The fourth-order valence-electron chi connectivity index (χ4n) is 3.67. The van der Waals surface area contributed by atoms with Crippen molar-refractivity contribution in [1.29, 1.82) is 0 Å². The van der Waals surface area contributed by atoms with Crippen molar-refractivity contribution < 1.29 is 4.79 Å². The van der Waals surface area contributed by atoms with Gasteiger partial charge in [-0.05, 0) is 38.4 Å². The maximum absolute atomic E-state index is 11.6. The SMILES string of the molecule is CC1(CN2C3CCC2CC(=O)C3)CCCS1. The number of rotatable bonds is 2. The smallest absolute Gasteiger partial charge is 0.136 e. The van der Waals surface area contributed by atoms with E-state index in [4.69, 9.17) is 0 Å². The maximum atomic E-state index is 11.6. The Bertz CT molecular complexity index is 282. The summed E-state index contributed by atoms with van der Waals surface area (Å²) in [5.74, 6) is 1.84. The summed E-state index contributed by atoms with van der Waals surface area (Å²) in [5, 5.41) is 0. The average Bonchev–Trinajstić information content (AvgIpc) is 2.72. The Kier molecular flexibility index (Phi) is 2.79. The van der Waals surface area contributed by atoms with Gasteiger partial charge in [-0.15, -0.1) is 0 Å². The van der Waals surface area contributed by atoms with Crippen molar-refractivity contribution in [2.24, 2.45) is 0 Å². The Morgan fingerprint density at radius 3 is 2.62 bits per heavy atom. The molecule has 3 heterocycles. The minimum Gasteiger partial charge on any atom is -0.300 e. The van der Waals surface area contributed by atoms with Crippen LogP contribution in [0.25, 0.3) is 0 Å². The Morgan fingerprint density at radius 2 is 2.06 bits per heavy atom. The first-order valence-electron chi connectivity index (χ1n) is 6.58. The molecule has 3 saturated heterocycles. The second-order valence-electron chi connectivity index (χ2n) is 5.91. The van der Waals surface area contributed by atoms with E-state index in [1.807, 2.05) is 0 Å². The molecule has 3 atom stereocenters. The van der Waals surface area contributed by atoms with E-state index in [1.54, 1.807) is 0 Å². The molecule has 0 saturated carbocycles. The molecule has 0 aliphatic carbocycles. The van der Waals surface area contributed by atoms with Gasteiger partial charge in [-0.3, -0.25) is 9.69 Å². The number of nitrogens with zero attached hydrogens (tertiary/aromatic N) is 1. The number of fused-ring (bicyclic) bond motifs is 2. The molecule has 90 valence electrons. The normalized spacial score (nSPS) is 44.2. The lowest BCUT2D eigenvalue weighted by Gasteiger charge is -2.39. The van der Waals surface area contributed by atoms with Gasteiger partial charge >= 0.3 is 0 Å². The second-order valence-corrected chi connectivity index (χ2v) is 7.59. The topological polar surface area (TPSA) is 20.3 Å². The van der Waals surface area contributed by atoms with Gasteiger partial charge in [0.2, 0.25) is 0 Å². The molecule has 3 unspecified atom stereocenters. The zero-order chi connectivity index (χ0) is 11.2. The predicted molar refractivity (Wildman–Crippen MR) is 67.9 cm³/mol. The summed E-state index contributed by atoms with van der Waals surface area (Å²) in [6.07, 6.45) is 6.92. The van der Waals surface area contributed by atoms with Crippen LogP contribution in [0.1, 0.15) is 45.4 Å². The molecule has 0 aromatic carbocycles. The summed E-state index contributed by atoms with van der Waals surface area (Å²) in [4.78, 5) is 14.2. The molecular formula is C13H21NOS. The Balaban J connectivity index is 1.69. The van der Waals surface area contributed by atoms with Gasteiger partial charge in [0.05, 0.1) is 0 Å². The van der Waals surface area contributed by atoms with Crippen molar-refractivity contribution in [3.05, 3.63) is 0 Å². The highest BCUT2D eigenvalue weighted by Crippen LogP contribution is 2.42. The van der Waals surface area contributed by atoms with Crippen molar-refractivity contribution >= 4 is 17.5 Å². The highest BCUT2D eigenvalue weighted by molar-refractivity contribution is 8.00. The summed E-state index contributed by atoms with van der Waals surface area (Å²) in [7, 11) is 0. The summed E-state index contributed by atoms with van der Waals surface area (Å²) in [5.41, 5.74) is 0. The van der Waals surface area contributed by atoms with E-state index in [1.165, 1.54) is 38.0 Å². The number of carbonyl (C=O) groups is 1. The Hall–Kier alpha value is -0.0200. The van der Waals surface area contributed by atoms with Crippen LogP contribution >= 0.6 is 11.8 Å². The molecule has 0 spiro atoms. The molecule has 0 N–H and O–H groups in total. The van der Waals surface area contributed by atoms with Gasteiger partial charge in [0.1, 0.15) is 5.78 Å². The van der Waals surface area contributed by atoms with Gasteiger partial charge in [-0.25, -0.2) is 0 Å². The first-order chi connectivity index (χ1) is 7.66. The summed E-state index contributed by atoms with van der Waals surface area (Å²) in [6.45, 7) is 3.64. The molecule has 3 fully saturated rings. The molecular weight excluding hydrogens is 218 g/mol. The van der Waals surface area contributed by atoms with E-state index < -0.39 is 0 Å². The standard InChI is InChI=1S/C13H21NOS/c1-13(5-2-6-16-13)9-14-10-3-4-11(14)8-12(15)7-10/h10-11H,2-9H2,1H3. The monoisotopic (exact) mass is 239 g/mol. The van der Waals surface area contributed by atoms with Crippen LogP contribution in [0.4, 0.5) is 0 Å². The molecule has 16 heavy (non-hydrogen) atoms. The van der Waals surface area contributed by atoms with Crippen LogP contribution in [0.3, 0.4) is 0 Å². The van der Waals surface area contributed by atoms with Crippen molar-refractivity contribution in [2.75, 3.05) is 12.3 Å². The van der Waals surface area contributed by atoms with Gasteiger partial charge in [-0.1, -0.05) is 0 Å². The number of hydrogen-bond donors (Lipinski definition) is 0. The lowest BCUT2D eigenvalue weighted by atomic mass is 9.97. The third-order valence-corrected chi connectivity index (χ3v) is 6.04. The van der Waals surface area contributed by atoms with E-state index in [9.17, 15) is 4.79 Å². The molecule has 0 aromatic rings. The molecule has 0 radical (unpaired) electrons. The number of ketones is 1. The van der Waals surface area contributed by atoms with Crippen LogP contribution < -0.4 is 0 Å². The van der Waals surface area contributed by atoms with E-state index in [2.05, 4.69) is 23.6 Å². The minimum atomic E-state index is 0.473. The minimum absolute atomic E-state index is 0.473. The Morgan fingerprint density at radius 1 is 1.38 bits per heavy atom. The van der Waals surface area contributed by atoms with Crippen LogP contribution in [0, 0.1) is 0 Å². The number of thioether (sulfide) groups is 1. The van der Waals surface area contributed by atoms with Crippen LogP contribution in [-0.2, 0) is 4.79 Å². The van der Waals surface area contributed by atoms with Gasteiger partial charge in [0.25, 0.3) is 0 Å². The number of hydrogen-bond acceptors (Lipinski definition) is 3. The van der Waals surface area contributed by atoms with Crippen LogP contribution in [0.5, 0.6) is 0 Å². The molecule has 3 aliphatic rings. The van der Waals surface area contributed by atoms with Crippen molar-refractivity contribution in [2.45, 2.75) is 62.3 Å². The first kappa shape index (κ1) is 11.1. The fraction of sp³-hybridized carbons (Fsp3) is 0.923. The lowest BCUT2D eigenvalue weighted by molar-refractivity contribution is -0.123. The summed E-state index contributed by atoms with van der Waals surface area (Å²) < 4.78 is 0.473. The molecule has 0 amide bonds. The molecule has 0 aromatic heterocycles. The second kappa shape index (κ2) is 4.02. The van der Waals surface area contributed by atoms with Crippen molar-refractivity contribution in [3.8, 4) is 0 Å². The van der Waals surface area contributed by atoms with Crippen molar-refractivity contribution in [3.63, 3.8) is 0 Å². The number of carbonyl (C=O) groups excluding carboxylic acids is 1.